The van der Waals surface area contributed by atoms with Crippen LogP contribution in [0.25, 0.3) is 10.6 Å². The van der Waals surface area contributed by atoms with Crippen molar-refractivity contribution >= 4 is 33.8 Å². The lowest BCUT2D eigenvalue weighted by Crippen LogP contribution is -2.48. The summed E-state index contributed by atoms with van der Waals surface area (Å²) in [5, 5.41) is 2.77. The summed E-state index contributed by atoms with van der Waals surface area (Å²) in [5.41, 5.74) is 7.34. The maximum absolute atomic E-state index is 12.9. The van der Waals surface area contributed by atoms with Gasteiger partial charge < -0.3 is 10.5 Å². The molecule has 3 rings (SSSR count). The fourth-order valence-electron chi connectivity index (χ4n) is 2.48. The van der Waals surface area contributed by atoms with Crippen molar-refractivity contribution in [3.63, 3.8) is 0 Å². The zero-order valence-electron chi connectivity index (χ0n) is 13.2. The summed E-state index contributed by atoms with van der Waals surface area (Å²) in [4.78, 5) is 4.69. The van der Waals surface area contributed by atoms with Gasteiger partial charge in [0.1, 0.15) is 5.01 Å². The number of ether oxygens (including phenoxy) is 1. The summed E-state index contributed by atoms with van der Waals surface area (Å²) < 4.78 is 32.6. The molecule has 2 heterocycles. The zero-order valence-corrected chi connectivity index (χ0v) is 15.7. The molecule has 1 unspecified atom stereocenters. The van der Waals surface area contributed by atoms with E-state index in [4.69, 9.17) is 10.5 Å². The summed E-state index contributed by atoms with van der Waals surface area (Å²) >= 11 is 1.51. The molecule has 9 heteroatoms. The Kier molecular flexibility index (Phi) is 6.35. The first-order chi connectivity index (χ1) is 11.0. The molecular weight excluding hydrogens is 370 g/mol. The van der Waals surface area contributed by atoms with E-state index in [2.05, 4.69) is 4.98 Å². The second-order valence-electron chi connectivity index (χ2n) is 5.41. The lowest BCUT2D eigenvalue weighted by Gasteiger charge is -2.31. The fourth-order valence-corrected chi connectivity index (χ4v) is 4.78. The molecule has 1 aliphatic rings. The van der Waals surface area contributed by atoms with Gasteiger partial charge in [-0.1, -0.05) is 12.1 Å². The van der Waals surface area contributed by atoms with E-state index < -0.39 is 10.0 Å². The highest BCUT2D eigenvalue weighted by molar-refractivity contribution is 7.89. The van der Waals surface area contributed by atoms with E-state index in [0.717, 1.165) is 16.3 Å². The molecule has 1 fully saturated rings. The number of benzene rings is 1. The average Bonchev–Trinajstić information content (AvgIpc) is 3.01. The van der Waals surface area contributed by atoms with Gasteiger partial charge in [-0.3, -0.25) is 0 Å². The number of hydrogen-bond donors (Lipinski definition) is 1. The Labute approximate surface area is 152 Å². The number of nitrogens with two attached hydrogens (primary N) is 1. The van der Waals surface area contributed by atoms with E-state index >= 15 is 0 Å². The first-order valence-corrected chi connectivity index (χ1v) is 9.67. The summed E-state index contributed by atoms with van der Waals surface area (Å²) in [6.45, 7) is 3.23. The van der Waals surface area contributed by atoms with Crippen molar-refractivity contribution in [3.8, 4) is 10.6 Å². The number of hydrogen-bond acceptors (Lipinski definition) is 6. The first-order valence-electron chi connectivity index (χ1n) is 7.35. The summed E-state index contributed by atoms with van der Waals surface area (Å²) in [5.74, 6) is 0. The maximum Gasteiger partial charge on any atom is 0.243 e. The van der Waals surface area contributed by atoms with Gasteiger partial charge in [0.25, 0.3) is 0 Å². The Morgan fingerprint density at radius 3 is 2.92 bits per heavy atom. The van der Waals surface area contributed by atoms with Crippen molar-refractivity contribution in [2.75, 3.05) is 26.2 Å². The van der Waals surface area contributed by atoms with E-state index in [0.29, 0.717) is 26.2 Å². The monoisotopic (exact) mass is 389 g/mol. The largest absolute Gasteiger partial charge is 0.374 e. The Bertz CT molecular complexity index is 795. The van der Waals surface area contributed by atoms with E-state index in [-0.39, 0.29) is 23.4 Å². The molecule has 1 aromatic heterocycles. The minimum absolute atomic E-state index is 0. The van der Waals surface area contributed by atoms with Crippen LogP contribution in [-0.2, 0) is 14.8 Å². The Morgan fingerprint density at radius 1 is 1.46 bits per heavy atom. The number of sulfonamides is 1. The van der Waals surface area contributed by atoms with Crippen LogP contribution < -0.4 is 5.73 Å². The van der Waals surface area contributed by atoms with Crippen LogP contribution >= 0.6 is 23.7 Å². The van der Waals surface area contributed by atoms with Crippen LogP contribution in [0.15, 0.2) is 34.5 Å². The maximum atomic E-state index is 12.9. The van der Waals surface area contributed by atoms with E-state index in [1.165, 1.54) is 15.6 Å². The molecule has 0 bridgehead atoms. The molecule has 6 nitrogen and oxygen atoms in total. The molecule has 2 N–H and O–H groups in total. The lowest BCUT2D eigenvalue weighted by molar-refractivity contribution is 0.00451. The molecule has 0 amide bonds. The molecule has 0 spiro atoms. The minimum atomic E-state index is -3.55. The second-order valence-corrected chi connectivity index (χ2v) is 8.21. The van der Waals surface area contributed by atoms with Gasteiger partial charge in [0.05, 0.1) is 17.6 Å². The van der Waals surface area contributed by atoms with Gasteiger partial charge in [-0.2, -0.15) is 4.31 Å². The molecular formula is C15H20ClN3O3S2. The van der Waals surface area contributed by atoms with Crippen LogP contribution in [0.2, 0.25) is 0 Å². The number of aryl methyl sites for hydroxylation is 1. The second kappa shape index (κ2) is 7.90. The molecule has 0 saturated carbocycles. The standard InChI is InChI=1S/C15H19N3O3S2.ClH/c1-11-10-22-15(17-11)12-3-2-4-14(7-12)23(19,20)18-5-6-21-13(8-16)9-18;/h2-4,7,10,13H,5-6,8-9,16H2,1H3;1H. The van der Waals surface area contributed by atoms with Crippen molar-refractivity contribution in [1.82, 2.24) is 9.29 Å². The number of rotatable bonds is 4. The normalized spacial score (nSPS) is 19.0. The molecule has 0 radical (unpaired) electrons. The Hall–Kier alpha value is -1.03. The van der Waals surface area contributed by atoms with Crippen molar-refractivity contribution in [3.05, 3.63) is 35.3 Å². The summed E-state index contributed by atoms with van der Waals surface area (Å²) in [6, 6.07) is 6.92. The van der Waals surface area contributed by atoms with Crippen molar-refractivity contribution in [2.45, 2.75) is 17.9 Å². The highest BCUT2D eigenvalue weighted by Gasteiger charge is 2.30. The van der Waals surface area contributed by atoms with Crippen LogP contribution in [-0.4, -0.2) is 50.1 Å². The van der Waals surface area contributed by atoms with Crippen LogP contribution in [0.1, 0.15) is 5.69 Å². The van der Waals surface area contributed by atoms with E-state index in [1.807, 2.05) is 18.4 Å². The fraction of sp³-hybridized carbons (Fsp3) is 0.400. The summed E-state index contributed by atoms with van der Waals surface area (Å²) in [6.07, 6.45) is -0.247. The smallest absolute Gasteiger partial charge is 0.243 e. The summed E-state index contributed by atoms with van der Waals surface area (Å²) in [7, 11) is -3.55. The number of morpholine rings is 1. The number of nitrogens with zero attached hydrogens (tertiary/aromatic N) is 2. The highest BCUT2D eigenvalue weighted by Crippen LogP contribution is 2.27. The molecule has 1 aliphatic heterocycles. The van der Waals surface area contributed by atoms with Crippen LogP contribution in [0, 0.1) is 6.92 Å². The van der Waals surface area contributed by atoms with Gasteiger partial charge in [-0.15, -0.1) is 23.7 Å². The SMILES string of the molecule is Cc1csc(-c2cccc(S(=O)(=O)N3CCOC(CN)C3)c2)n1.Cl. The predicted octanol–water partition coefficient (Wildman–Crippen LogP) is 1.89. The third-order valence-electron chi connectivity index (χ3n) is 3.70. The molecule has 132 valence electrons. The average molecular weight is 390 g/mol. The van der Waals surface area contributed by atoms with Gasteiger partial charge in [0, 0.05) is 36.3 Å². The molecule has 1 atom stereocenters. The van der Waals surface area contributed by atoms with Crippen molar-refractivity contribution in [1.29, 1.82) is 0 Å². The van der Waals surface area contributed by atoms with E-state index in [1.54, 1.807) is 18.2 Å². The Balaban J connectivity index is 0.00000208. The Morgan fingerprint density at radius 2 is 2.25 bits per heavy atom. The third kappa shape index (κ3) is 3.96. The number of halogens is 1. The molecule has 2 aromatic rings. The lowest BCUT2D eigenvalue weighted by atomic mass is 10.2. The van der Waals surface area contributed by atoms with Gasteiger partial charge in [0.15, 0.2) is 0 Å². The number of thiazole rings is 1. The zero-order chi connectivity index (χ0) is 16.4. The topological polar surface area (TPSA) is 85.5 Å². The van der Waals surface area contributed by atoms with Gasteiger partial charge in [0.2, 0.25) is 10.0 Å². The van der Waals surface area contributed by atoms with Crippen LogP contribution in [0.4, 0.5) is 0 Å². The highest BCUT2D eigenvalue weighted by atomic mass is 35.5. The molecule has 1 aromatic carbocycles. The molecule has 0 aliphatic carbocycles. The van der Waals surface area contributed by atoms with Crippen LogP contribution in [0.3, 0.4) is 0 Å². The third-order valence-corrected chi connectivity index (χ3v) is 6.57. The van der Waals surface area contributed by atoms with Gasteiger partial charge in [-0.05, 0) is 19.1 Å². The minimum Gasteiger partial charge on any atom is -0.374 e. The molecule has 24 heavy (non-hydrogen) atoms. The number of aromatic nitrogens is 1. The first kappa shape index (κ1) is 19.3. The van der Waals surface area contributed by atoms with E-state index in [9.17, 15) is 8.42 Å². The van der Waals surface area contributed by atoms with Crippen molar-refractivity contribution in [2.24, 2.45) is 5.73 Å². The van der Waals surface area contributed by atoms with Gasteiger partial charge >= 0.3 is 0 Å². The quantitative estimate of drug-likeness (QED) is 0.862. The predicted molar refractivity (Wildman–Crippen MR) is 97.1 cm³/mol. The van der Waals surface area contributed by atoms with Crippen molar-refractivity contribution < 1.29 is 13.2 Å². The van der Waals surface area contributed by atoms with Gasteiger partial charge in [-0.25, -0.2) is 13.4 Å². The van der Waals surface area contributed by atoms with Crippen LogP contribution in [0.5, 0.6) is 0 Å². The molecule has 1 saturated heterocycles.